The van der Waals surface area contributed by atoms with Gasteiger partial charge < -0.3 is 0 Å². The normalized spacial score (nSPS) is 10.9. The smallest absolute Gasteiger partial charge is 0.283 e. The molecule has 21 heavy (non-hydrogen) atoms. The number of benzene rings is 2. The Bertz CT molecular complexity index is 658. The molecule has 0 aliphatic rings. The summed E-state index contributed by atoms with van der Waals surface area (Å²) in [5.74, 6) is 0. The molecule has 110 valence electrons. The first kappa shape index (κ1) is 15.7. The number of nitro benzene ring substituents is 1. The van der Waals surface area contributed by atoms with E-state index in [1.807, 2.05) is 19.2 Å². The van der Waals surface area contributed by atoms with Crippen LogP contribution in [0.15, 0.2) is 46.9 Å². The highest BCUT2D eigenvalue weighted by Gasteiger charge is 2.15. The van der Waals surface area contributed by atoms with Crippen molar-refractivity contribution in [3.05, 3.63) is 73.7 Å². The van der Waals surface area contributed by atoms with Gasteiger partial charge in [-0.15, -0.1) is 0 Å². The summed E-state index contributed by atoms with van der Waals surface area (Å²) in [5.41, 5.74) is 3.49. The van der Waals surface area contributed by atoms with Crippen molar-refractivity contribution in [1.82, 2.24) is 4.90 Å². The van der Waals surface area contributed by atoms with Crippen LogP contribution in [0.4, 0.5) is 5.69 Å². The van der Waals surface area contributed by atoms with Gasteiger partial charge in [-0.2, -0.15) is 0 Å². The third-order valence-corrected chi connectivity index (χ3v) is 4.15. The molecule has 0 saturated heterocycles. The van der Waals surface area contributed by atoms with E-state index in [9.17, 15) is 10.1 Å². The highest BCUT2D eigenvalue weighted by molar-refractivity contribution is 9.10. The monoisotopic (exact) mass is 348 g/mol. The Morgan fingerprint density at radius 3 is 2.57 bits per heavy atom. The largest absolute Gasteiger partial charge is 0.298 e. The maximum atomic E-state index is 11.0. The molecule has 5 heteroatoms. The van der Waals surface area contributed by atoms with Gasteiger partial charge in [0, 0.05) is 19.2 Å². The van der Waals surface area contributed by atoms with Crippen LogP contribution < -0.4 is 0 Å². The lowest BCUT2D eigenvalue weighted by atomic mass is 10.1. The van der Waals surface area contributed by atoms with Gasteiger partial charge in [0.05, 0.1) is 9.40 Å². The van der Waals surface area contributed by atoms with Crippen LogP contribution in [0.2, 0.25) is 0 Å². The molecule has 0 heterocycles. The van der Waals surface area contributed by atoms with Gasteiger partial charge >= 0.3 is 0 Å². The van der Waals surface area contributed by atoms with Crippen molar-refractivity contribution < 1.29 is 4.92 Å². The van der Waals surface area contributed by atoms with E-state index in [2.05, 4.69) is 46.0 Å². The van der Waals surface area contributed by atoms with Gasteiger partial charge in [-0.1, -0.05) is 42.0 Å². The maximum Gasteiger partial charge on any atom is 0.283 e. The van der Waals surface area contributed by atoms with Gasteiger partial charge in [-0.05, 0) is 41.0 Å². The number of hydrogen-bond acceptors (Lipinski definition) is 3. The number of nitro groups is 1. The SMILES string of the molecule is Cc1cccc(CN(C)Cc2cccc([N+](=O)[O-])c2Br)c1. The lowest BCUT2D eigenvalue weighted by Crippen LogP contribution is -2.17. The Morgan fingerprint density at radius 2 is 1.90 bits per heavy atom. The van der Waals surface area contributed by atoms with Gasteiger partial charge in [-0.25, -0.2) is 0 Å². The Balaban J connectivity index is 2.11. The zero-order chi connectivity index (χ0) is 15.4. The molecule has 0 fully saturated rings. The molecule has 2 aromatic carbocycles. The molecule has 2 aromatic rings. The Kier molecular flexibility index (Phi) is 5.09. The van der Waals surface area contributed by atoms with Crippen LogP contribution in [0.25, 0.3) is 0 Å². The summed E-state index contributed by atoms with van der Waals surface area (Å²) in [6, 6.07) is 13.5. The third kappa shape index (κ3) is 4.12. The number of halogens is 1. The fourth-order valence-electron chi connectivity index (χ4n) is 2.30. The molecule has 4 nitrogen and oxygen atoms in total. The van der Waals surface area contributed by atoms with Crippen molar-refractivity contribution in [2.24, 2.45) is 0 Å². The number of hydrogen-bond donors (Lipinski definition) is 0. The highest BCUT2D eigenvalue weighted by Crippen LogP contribution is 2.29. The Labute approximate surface area is 132 Å². The zero-order valence-corrected chi connectivity index (χ0v) is 13.6. The standard InChI is InChI=1S/C16H17BrN2O2/c1-12-5-3-6-13(9-12)10-18(2)11-14-7-4-8-15(16(14)17)19(20)21/h3-9H,10-11H2,1-2H3. The van der Waals surface area contributed by atoms with Gasteiger partial charge in [0.1, 0.15) is 0 Å². The second kappa shape index (κ2) is 6.83. The molecular weight excluding hydrogens is 332 g/mol. The first-order valence-electron chi connectivity index (χ1n) is 6.63. The number of aryl methyl sites for hydroxylation is 1. The number of nitrogens with zero attached hydrogens (tertiary/aromatic N) is 2. The predicted molar refractivity (Wildman–Crippen MR) is 87.1 cm³/mol. The average molecular weight is 349 g/mol. The average Bonchev–Trinajstić information content (AvgIpc) is 2.40. The summed E-state index contributed by atoms with van der Waals surface area (Å²) in [7, 11) is 2.01. The molecule has 0 radical (unpaired) electrons. The molecule has 0 bridgehead atoms. The van der Waals surface area contributed by atoms with Gasteiger partial charge in [0.25, 0.3) is 5.69 Å². The van der Waals surface area contributed by atoms with Crippen molar-refractivity contribution in [3.8, 4) is 0 Å². The third-order valence-electron chi connectivity index (χ3n) is 3.23. The van der Waals surface area contributed by atoms with E-state index in [4.69, 9.17) is 0 Å². The quantitative estimate of drug-likeness (QED) is 0.597. The first-order valence-corrected chi connectivity index (χ1v) is 7.42. The molecule has 0 aliphatic heterocycles. The molecule has 0 aliphatic carbocycles. The van der Waals surface area contributed by atoms with Crippen LogP contribution >= 0.6 is 15.9 Å². The van der Waals surface area contributed by atoms with Crippen molar-refractivity contribution in [2.45, 2.75) is 20.0 Å². The number of rotatable bonds is 5. The Morgan fingerprint density at radius 1 is 1.19 bits per heavy atom. The molecule has 0 spiro atoms. The maximum absolute atomic E-state index is 11.0. The van der Waals surface area contributed by atoms with Crippen LogP contribution in [0.3, 0.4) is 0 Å². The minimum atomic E-state index is -0.367. The molecule has 0 N–H and O–H groups in total. The molecule has 0 atom stereocenters. The van der Waals surface area contributed by atoms with Crippen LogP contribution in [0.5, 0.6) is 0 Å². The molecule has 0 saturated carbocycles. The summed E-state index contributed by atoms with van der Waals surface area (Å²) in [6.07, 6.45) is 0. The fourth-order valence-corrected chi connectivity index (χ4v) is 2.83. The van der Waals surface area contributed by atoms with Gasteiger partial charge in [0.15, 0.2) is 0 Å². The minimum absolute atomic E-state index is 0.108. The van der Waals surface area contributed by atoms with E-state index in [0.717, 1.165) is 12.1 Å². The van der Waals surface area contributed by atoms with E-state index in [-0.39, 0.29) is 10.6 Å². The van der Waals surface area contributed by atoms with E-state index >= 15 is 0 Å². The lowest BCUT2D eigenvalue weighted by molar-refractivity contribution is -0.385. The van der Waals surface area contributed by atoms with Crippen LogP contribution in [-0.4, -0.2) is 16.9 Å². The van der Waals surface area contributed by atoms with E-state index in [1.54, 1.807) is 6.07 Å². The van der Waals surface area contributed by atoms with E-state index in [1.165, 1.54) is 17.2 Å². The molecule has 0 unspecified atom stereocenters. The second-order valence-corrected chi connectivity index (χ2v) is 5.96. The van der Waals surface area contributed by atoms with Crippen LogP contribution in [-0.2, 0) is 13.1 Å². The van der Waals surface area contributed by atoms with Crippen molar-refractivity contribution in [3.63, 3.8) is 0 Å². The van der Waals surface area contributed by atoms with Gasteiger partial charge in [-0.3, -0.25) is 15.0 Å². The second-order valence-electron chi connectivity index (χ2n) is 5.17. The summed E-state index contributed by atoms with van der Waals surface area (Å²) in [5, 5.41) is 11.0. The van der Waals surface area contributed by atoms with Crippen molar-refractivity contribution in [1.29, 1.82) is 0 Å². The van der Waals surface area contributed by atoms with Crippen LogP contribution in [0.1, 0.15) is 16.7 Å². The molecule has 0 aromatic heterocycles. The minimum Gasteiger partial charge on any atom is -0.298 e. The van der Waals surface area contributed by atoms with E-state index in [0.29, 0.717) is 11.0 Å². The van der Waals surface area contributed by atoms with Gasteiger partial charge in [0.2, 0.25) is 0 Å². The molecule has 2 rings (SSSR count). The fraction of sp³-hybridized carbons (Fsp3) is 0.250. The summed E-state index contributed by atoms with van der Waals surface area (Å²) >= 11 is 3.34. The zero-order valence-electron chi connectivity index (χ0n) is 12.0. The summed E-state index contributed by atoms with van der Waals surface area (Å²) < 4.78 is 0.561. The highest BCUT2D eigenvalue weighted by atomic mass is 79.9. The molecule has 0 amide bonds. The van der Waals surface area contributed by atoms with Crippen LogP contribution in [0, 0.1) is 17.0 Å². The topological polar surface area (TPSA) is 46.4 Å². The van der Waals surface area contributed by atoms with Crippen molar-refractivity contribution in [2.75, 3.05) is 7.05 Å². The van der Waals surface area contributed by atoms with Crippen molar-refractivity contribution >= 4 is 21.6 Å². The van der Waals surface area contributed by atoms with E-state index < -0.39 is 0 Å². The molecular formula is C16H17BrN2O2. The summed E-state index contributed by atoms with van der Waals surface area (Å²) in [6.45, 7) is 3.52. The Hall–Kier alpha value is -1.72. The lowest BCUT2D eigenvalue weighted by Gasteiger charge is -2.18. The predicted octanol–water partition coefficient (Wildman–Crippen LogP) is 4.30. The summed E-state index contributed by atoms with van der Waals surface area (Å²) in [4.78, 5) is 12.7. The first-order chi connectivity index (χ1) is 9.97.